The molecule has 1 aromatic carbocycles. The lowest BCUT2D eigenvalue weighted by atomic mass is 9.92. The van der Waals surface area contributed by atoms with Crippen LogP contribution in [0.25, 0.3) is 0 Å². The van der Waals surface area contributed by atoms with Gasteiger partial charge in [-0.25, -0.2) is 8.78 Å². The van der Waals surface area contributed by atoms with Crippen LogP contribution < -0.4 is 10.2 Å². The van der Waals surface area contributed by atoms with Gasteiger partial charge in [-0.3, -0.25) is 4.79 Å². The largest absolute Gasteiger partial charge is 0.371 e. The van der Waals surface area contributed by atoms with Crippen molar-refractivity contribution in [3.8, 4) is 0 Å². The highest BCUT2D eigenvalue weighted by atomic mass is 19.2. The average Bonchev–Trinajstić information content (AvgIpc) is 2.86. The Balaban J connectivity index is 1.83. The molecule has 1 unspecified atom stereocenters. The molecule has 1 N–H and O–H groups in total. The number of hydrogen-bond donors (Lipinski definition) is 1. The van der Waals surface area contributed by atoms with Crippen molar-refractivity contribution in [3.63, 3.8) is 0 Å². The number of rotatable bonds is 4. The molecule has 0 aliphatic carbocycles. The molecule has 1 aromatic rings. The Morgan fingerprint density at radius 3 is 2.68 bits per heavy atom. The molecular formula is C17H24F2N2O. The van der Waals surface area contributed by atoms with Gasteiger partial charge >= 0.3 is 0 Å². The Morgan fingerprint density at radius 1 is 1.32 bits per heavy atom. The number of anilines is 1. The van der Waals surface area contributed by atoms with Crippen LogP contribution in [0.3, 0.4) is 0 Å². The molecule has 22 heavy (non-hydrogen) atoms. The van der Waals surface area contributed by atoms with E-state index >= 15 is 0 Å². The van der Waals surface area contributed by atoms with E-state index in [0.29, 0.717) is 24.6 Å². The fourth-order valence-corrected chi connectivity index (χ4v) is 2.72. The molecule has 0 radical (unpaired) electrons. The minimum atomic E-state index is -0.825. The Morgan fingerprint density at radius 2 is 2.05 bits per heavy atom. The number of hydrogen-bond acceptors (Lipinski definition) is 2. The van der Waals surface area contributed by atoms with Crippen molar-refractivity contribution in [2.75, 3.05) is 24.5 Å². The van der Waals surface area contributed by atoms with Gasteiger partial charge in [0, 0.05) is 37.8 Å². The van der Waals surface area contributed by atoms with Crippen molar-refractivity contribution in [3.05, 3.63) is 29.8 Å². The van der Waals surface area contributed by atoms with E-state index in [0.717, 1.165) is 25.6 Å². The van der Waals surface area contributed by atoms with Crippen LogP contribution in [0.5, 0.6) is 0 Å². The van der Waals surface area contributed by atoms with E-state index in [9.17, 15) is 13.6 Å². The number of nitrogens with one attached hydrogen (secondary N) is 1. The van der Waals surface area contributed by atoms with Gasteiger partial charge in [0.1, 0.15) is 0 Å². The molecule has 0 spiro atoms. The van der Waals surface area contributed by atoms with Crippen molar-refractivity contribution in [1.29, 1.82) is 0 Å². The van der Waals surface area contributed by atoms with Gasteiger partial charge in [-0.2, -0.15) is 0 Å². The quantitative estimate of drug-likeness (QED) is 0.925. The van der Waals surface area contributed by atoms with E-state index in [-0.39, 0.29) is 11.3 Å². The molecule has 1 aliphatic rings. The van der Waals surface area contributed by atoms with E-state index in [4.69, 9.17) is 0 Å². The summed E-state index contributed by atoms with van der Waals surface area (Å²) < 4.78 is 26.2. The van der Waals surface area contributed by atoms with Gasteiger partial charge in [-0.1, -0.05) is 20.8 Å². The third-order valence-electron chi connectivity index (χ3n) is 3.83. The minimum absolute atomic E-state index is 0.0164. The van der Waals surface area contributed by atoms with E-state index in [2.05, 4.69) is 5.32 Å². The van der Waals surface area contributed by atoms with Gasteiger partial charge < -0.3 is 10.2 Å². The zero-order chi connectivity index (χ0) is 16.3. The first-order valence-electron chi connectivity index (χ1n) is 7.71. The summed E-state index contributed by atoms with van der Waals surface area (Å²) in [4.78, 5) is 13.9. The second-order valence-corrected chi connectivity index (χ2v) is 7.24. The molecule has 0 saturated carbocycles. The van der Waals surface area contributed by atoms with Crippen LogP contribution in [0.2, 0.25) is 0 Å². The number of carbonyl (C=O) groups excluding carboxylic acids is 1. The first-order valence-corrected chi connectivity index (χ1v) is 7.71. The summed E-state index contributed by atoms with van der Waals surface area (Å²) in [6.07, 6.45) is 1.45. The molecule has 1 atom stereocenters. The normalized spacial score (nSPS) is 18.6. The second-order valence-electron chi connectivity index (χ2n) is 7.24. The van der Waals surface area contributed by atoms with E-state index in [1.54, 1.807) is 6.07 Å². The lowest BCUT2D eigenvalue weighted by Crippen LogP contribution is -2.33. The van der Waals surface area contributed by atoms with Crippen molar-refractivity contribution in [1.82, 2.24) is 5.32 Å². The number of nitrogens with zero attached hydrogens (tertiary/aromatic N) is 1. The minimum Gasteiger partial charge on any atom is -0.371 e. The predicted octanol–water partition coefficient (Wildman–Crippen LogP) is 3.34. The molecule has 1 aliphatic heterocycles. The van der Waals surface area contributed by atoms with Crippen molar-refractivity contribution in [2.45, 2.75) is 33.6 Å². The SMILES string of the molecule is CC(C)(C)CC(=O)NCC1CCN(c2ccc(F)c(F)c2)C1. The number of benzene rings is 1. The fourth-order valence-electron chi connectivity index (χ4n) is 2.72. The summed E-state index contributed by atoms with van der Waals surface area (Å²) in [5.41, 5.74) is 0.680. The zero-order valence-electron chi connectivity index (χ0n) is 13.5. The van der Waals surface area contributed by atoms with Crippen molar-refractivity contribution < 1.29 is 13.6 Å². The maximum atomic E-state index is 13.3. The van der Waals surface area contributed by atoms with Crippen LogP contribution in [-0.4, -0.2) is 25.5 Å². The molecule has 0 bridgehead atoms. The Bertz CT molecular complexity index is 540. The molecule has 2 rings (SSSR count). The molecular weight excluding hydrogens is 286 g/mol. The smallest absolute Gasteiger partial charge is 0.220 e. The number of amides is 1. The molecule has 1 fully saturated rings. The van der Waals surface area contributed by atoms with Crippen molar-refractivity contribution in [2.24, 2.45) is 11.3 Å². The van der Waals surface area contributed by atoms with Crippen LogP contribution in [0.1, 0.15) is 33.6 Å². The summed E-state index contributed by atoms with van der Waals surface area (Å²) in [6, 6.07) is 3.98. The summed E-state index contributed by atoms with van der Waals surface area (Å²) in [6.45, 7) is 8.29. The highest BCUT2D eigenvalue weighted by molar-refractivity contribution is 5.76. The molecule has 122 valence electrons. The number of carbonyl (C=O) groups is 1. The standard InChI is InChI=1S/C17H24F2N2O/c1-17(2,3)9-16(22)20-10-12-6-7-21(11-12)13-4-5-14(18)15(19)8-13/h4-5,8,12H,6-7,9-11H2,1-3H3,(H,20,22). The molecule has 3 nitrogen and oxygen atoms in total. The van der Waals surface area contributed by atoms with Crippen LogP contribution in [-0.2, 0) is 4.79 Å². The Labute approximate surface area is 130 Å². The van der Waals surface area contributed by atoms with Gasteiger partial charge in [0.25, 0.3) is 0 Å². The molecule has 5 heteroatoms. The van der Waals surface area contributed by atoms with Gasteiger partial charge in [0.15, 0.2) is 11.6 Å². The third kappa shape index (κ3) is 4.68. The molecule has 1 heterocycles. The lowest BCUT2D eigenvalue weighted by molar-refractivity contribution is -0.122. The predicted molar refractivity (Wildman–Crippen MR) is 83.8 cm³/mol. The highest BCUT2D eigenvalue weighted by Gasteiger charge is 2.24. The molecule has 1 saturated heterocycles. The summed E-state index contributed by atoms with van der Waals surface area (Å²) in [7, 11) is 0. The first-order chi connectivity index (χ1) is 10.2. The van der Waals surface area contributed by atoms with Gasteiger partial charge in [0.05, 0.1) is 0 Å². The van der Waals surface area contributed by atoms with Crippen molar-refractivity contribution >= 4 is 11.6 Å². The van der Waals surface area contributed by atoms with Crippen LogP contribution >= 0.6 is 0 Å². The summed E-state index contributed by atoms with van der Waals surface area (Å²) in [5, 5.41) is 2.97. The van der Waals surface area contributed by atoms with Crippen LogP contribution in [0.4, 0.5) is 14.5 Å². The Kier molecular flexibility index (Phi) is 5.04. The topological polar surface area (TPSA) is 32.3 Å². The van der Waals surface area contributed by atoms with Gasteiger partial charge in [-0.05, 0) is 29.9 Å². The monoisotopic (exact) mass is 310 g/mol. The molecule has 1 amide bonds. The zero-order valence-corrected chi connectivity index (χ0v) is 13.5. The van der Waals surface area contributed by atoms with Gasteiger partial charge in [0.2, 0.25) is 5.91 Å². The van der Waals surface area contributed by atoms with E-state index in [1.807, 2.05) is 25.7 Å². The maximum absolute atomic E-state index is 13.3. The summed E-state index contributed by atoms with van der Waals surface area (Å²) in [5.74, 6) is -1.23. The summed E-state index contributed by atoms with van der Waals surface area (Å²) >= 11 is 0. The van der Waals surface area contributed by atoms with E-state index < -0.39 is 11.6 Å². The van der Waals surface area contributed by atoms with Crippen LogP contribution in [0.15, 0.2) is 18.2 Å². The third-order valence-corrected chi connectivity index (χ3v) is 3.83. The molecule has 0 aromatic heterocycles. The maximum Gasteiger partial charge on any atom is 0.220 e. The first kappa shape index (κ1) is 16.7. The number of halogens is 2. The lowest BCUT2D eigenvalue weighted by Gasteiger charge is -2.20. The highest BCUT2D eigenvalue weighted by Crippen LogP contribution is 2.25. The average molecular weight is 310 g/mol. The van der Waals surface area contributed by atoms with Crippen LogP contribution in [0, 0.1) is 23.0 Å². The Hall–Kier alpha value is -1.65. The second kappa shape index (κ2) is 6.63. The fraction of sp³-hybridized carbons (Fsp3) is 0.588. The van der Waals surface area contributed by atoms with Gasteiger partial charge in [-0.15, -0.1) is 0 Å². The van der Waals surface area contributed by atoms with E-state index in [1.165, 1.54) is 6.07 Å².